The highest BCUT2D eigenvalue weighted by Crippen LogP contribution is 2.19. The van der Waals surface area contributed by atoms with Gasteiger partial charge in [0.05, 0.1) is 25.4 Å². The van der Waals surface area contributed by atoms with Crippen LogP contribution in [0.5, 0.6) is 5.75 Å². The van der Waals surface area contributed by atoms with Crippen LogP contribution in [0.1, 0.15) is 29.8 Å². The van der Waals surface area contributed by atoms with Crippen LogP contribution in [0, 0.1) is 0 Å². The minimum absolute atomic E-state index is 0.196. The Morgan fingerprint density at radius 1 is 1.40 bits per heavy atom. The second kappa shape index (κ2) is 5.51. The Morgan fingerprint density at radius 3 is 2.67 bits per heavy atom. The molecular formula is C12H16O3. The van der Waals surface area contributed by atoms with Gasteiger partial charge in [-0.1, -0.05) is 6.07 Å². The van der Waals surface area contributed by atoms with Crippen LogP contribution in [0.3, 0.4) is 0 Å². The first-order valence-electron chi connectivity index (χ1n) is 4.91. The van der Waals surface area contributed by atoms with Gasteiger partial charge in [0.2, 0.25) is 0 Å². The summed E-state index contributed by atoms with van der Waals surface area (Å²) in [6.45, 7) is 4.50. The molecule has 3 heteroatoms. The van der Waals surface area contributed by atoms with Crippen LogP contribution in [0.2, 0.25) is 0 Å². The molecule has 0 amide bonds. The van der Waals surface area contributed by atoms with E-state index in [-0.39, 0.29) is 6.10 Å². The minimum atomic E-state index is 0.196. The molecule has 0 unspecified atom stereocenters. The highest BCUT2D eigenvalue weighted by atomic mass is 16.5. The molecule has 15 heavy (non-hydrogen) atoms. The van der Waals surface area contributed by atoms with Gasteiger partial charge in [-0.25, -0.2) is 0 Å². The van der Waals surface area contributed by atoms with Crippen molar-refractivity contribution in [2.45, 2.75) is 26.6 Å². The molecule has 0 heterocycles. The molecule has 1 aromatic carbocycles. The number of carbonyl (C=O) groups is 1. The normalized spacial score (nSPS) is 10.4. The molecule has 82 valence electrons. The van der Waals surface area contributed by atoms with E-state index in [1.807, 2.05) is 26.0 Å². The number of benzene rings is 1. The Hall–Kier alpha value is -1.35. The summed E-state index contributed by atoms with van der Waals surface area (Å²) in [5.74, 6) is 0.592. The molecule has 1 rings (SSSR count). The Kier molecular flexibility index (Phi) is 4.31. The van der Waals surface area contributed by atoms with Crippen molar-refractivity contribution in [3.05, 3.63) is 29.3 Å². The maximum Gasteiger partial charge on any atom is 0.153 e. The highest BCUT2D eigenvalue weighted by Gasteiger charge is 2.04. The van der Waals surface area contributed by atoms with Gasteiger partial charge < -0.3 is 9.47 Å². The molecule has 0 radical (unpaired) electrons. The van der Waals surface area contributed by atoms with E-state index >= 15 is 0 Å². The van der Waals surface area contributed by atoms with Crippen LogP contribution in [0.4, 0.5) is 0 Å². The van der Waals surface area contributed by atoms with Gasteiger partial charge in [0.25, 0.3) is 0 Å². The molecule has 0 aliphatic carbocycles. The fourth-order valence-electron chi connectivity index (χ4n) is 1.21. The van der Waals surface area contributed by atoms with E-state index in [0.717, 1.165) is 11.8 Å². The summed E-state index contributed by atoms with van der Waals surface area (Å²) in [7, 11) is 1.55. The number of carbonyl (C=O) groups excluding carboxylic acids is 1. The molecule has 0 atom stereocenters. The zero-order valence-electron chi connectivity index (χ0n) is 9.32. The lowest BCUT2D eigenvalue weighted by molar-refractivity contribution is 0.0656. The van der Waals surface area contributed by atoms with Crippen LogP contribution in [0.15, 0.2) is 18.2 Å². The third kappa shape index (κ3) is 3.36. The van der Waals surface area contributed by atoms with Gasteiger partial charge >= 0.3 is 0 Å². The van der Waals surface area contributed by atoms with E-state index in [0.29, 0.717) is 17.9 Å². The van der Waals surface area contributed by atoms with Crippen LogP contribution < -0.4 is 4.74 Å². The molecule has 0 aliphatic rings. The first-order chi connectivity index (χ1) is 7.17. The first kappa shape index (κ1) is 11.7. The molecule has 0 bridgehead atoms. The smallest absolute Gasteiger partial charge is 0.153 e. The van der Waals surface area contributed by atoms with E-state index in [1.165, 1.54) is 0 Å². The van der Waals surface area contributed by atoms with Gasteiger partial charge in [-0.15, -0.1) is 0 Å². The standard InChI is InChI=1S/C12H16O3/c1-9(2)15-8-10-4-5-11(7-13)12(6-10)14-3/h4-7,9H,8H2,1-3H3. The maximum atomic E-state index is 10.7. The Balaban J connectivity index is 2.79. The average Bonchev–Trinajstić information content (AvgIpc) is 2.25. The van der Waals surface area contributed by atoms with Crippen molar-refractivity contribution in [3.63, 3.8) is 0 Å². The monoisotopic (exact) mass is 208 g/mol. The minimum Gasteiger partial charge on any atom is -0.496 e. The predicted molar refractivity (Wildman–Crippen MR) is 58.3 cm³/mol. The van der Waals surface area contributed by atoms with Gasteiger partial charge in [-0.2, -0.15) is 0 Å². The van der Waals surface area contributed by atoms with Gasteiger partial charge in [-0.05, 0) is 31.5 Å². The SMILES string of the molecule is COc1cc(COC(C)C)ccc1C=O. The van der Waals surface area contributed by atoms with E-state index < -0.39 is 0 Å². The van der Waals surface area contributed by atoms with Crippen molar-refractivity contribution in [2.75, 3.05) is 7.11 Å². The van der Waals surface area contributed by atoms with Crippen molar-refractivity contribution in [2.24, 2.45) is 0 Å². The highest BCUT2D eigenvalue weighted by molar-refractivity contribution is 5.79. The molecular weight excluding hydrogens is 192 g/mol. The fourth-order valence-corrected chi connectivity index (χ4v) is 1.21. The second-order valence-corrected chi connectivity index (χ2v) is 3.55. The van der Waals surface area contributed by atoms with Gasteiger partial charge in [0, 0.05) is 0 Å². The number of methoxy groups -OCH3 is 1. The molecule has 0 N–H and O–H groups in total. The number of ether oxygens (including phenoxy) is 2. The summed E-state index contributed by atoms with van der Waals surface area (Å²) in [5, 5.41) is 0. The van der Waals surface area contributed by atoms with Gasteiger partial charge in [0.1, 0.15) is 5.75 Å². The molecule has 0 fully saturated rings. The quantitative estimate of drug-likeness (QED) is 0.697. The first-order valence-corrected chi connectivity index (χ1v) is 4.91. The Morgan fingerprint density at radius 2 is 2.13 bits per heavy atom. The van der Waals surface area contributed by atoms with Crippen molar-refractivity contribution in [1.82, 2.24) is 0 Å². The summed E-state index contributed by atoms with van der Waals surface area (Å²) >= 11 is 0. The van der Waals surface area contributed by atoms with E-state index in [4.69, 9.17) is 9.47 Å². The van der Waals surface area contributed by atoms with Crippen LogP contribution in [0.25, 0.3) is 0 Å². The number of hydrogen-bond acceptors (Lipinski definition) is 3. The Labute approximate surface area is 90.0 Å². The molecule has 0 aromatic heterocycles. The van der Waals surface area contributed by atoms with Crippen LogP contribution in [-0.4, -0.2) is 19.5 Å². The van der Waals surface area contributed by atoms with Crippen LogP contribution >= 0.6 is 0 Å². The zero-order valence-corrected chi connectivity index (χ0v) is 9.32. The number of aldehydes is 1. The van der Waals surface area contributed by atoms with E-state index in [1.54, 1.807) is 13.2 Å². The van der Waals surface area contributed by atoms with E-state index in [2.05, 4.69) is 0 Å². The maximum absolute atomic E-state index is 10.7. The molecule has 0 aliphatic heterocycles. The summed E-state index contributed by atoms with van der Waals surface area (Å²) in [4.78, 5) is 10.7. The molecule has 1 aromatic rings. The third-order valence-corrected chi connectivity index (χ3v) is 2.01. The predicted octanol–water partition coefficient (Wildman–Crippen LogP) is 2.43. The summed E-state index contributed by atoms with van der Waals surface area (Å²) in [5.41, 5.74) is 1.57. The molecule has 3 nitrogen and oxygen atoms in total. The summed E-state index contributed by atoms with van der Waals surface area (Å²) < 4.78 is 10.6. The summed E-state index contributed by atoms with van der Waals surface area (Å²) in [6.07, 6.45) is 0.980. The van der Waals surface area contributed by atoms with Crippen molar-refractivity contribution in [1.29, 1.82) is 0 Å². The van der Waals surface area contributed by atoms with Crippen LogP contribution in [-0.2, 0) is 11.3 Å². The number of hydrogen-bond donors (Lipinski definition) is 0. The lowest BCUT2D eigenvalue weighted by Crippen LogP contribution is -2.02. The van der Waals surface area contributed by atoms with Gasteiger partial charge in [0.15, 0.2) is 6.29 Å². The fraction of sp³-hybridized carbons (Fsp3) is 0.417. The van der Waals surface area contributed by atoms with Crippen molar-refractivity contribution in [3.8, 4) is 5.75 Å². The third-order valence-electron chi connectivity index (χ3n) is 2.01. The zero-order chi connectivity index (χ0) is 11.3. The topological polar surface area (TPSA) is 35.5 Å². The van der Waals surface area contributed by atoms with Crippen molar-refractivity contribution < 1.29 is 14.3 Å². The molecule has 0 spiro atoms. The lowest BCUT2D eigenvalue weighted by Gasteiger charge is -2.09. The molecule has 0 saturated carbocycles. The average molecular weight is 208 g/mol. The molecule has 0 saturated heterocycles. The van der Waals surface area contributed by atoms with Gasteiger partial charge in [-0.3, -0.25) is 4.79 Å². The largest absolute Gasteiger partial charge is 0.496 e. The van der Waals surface area contributed by atoms with Crippen molar-refractivity contribution >= 4 is 6.29 Å². The summed E-state index contributed by atoms with van der Waals surface area (Å²) in [6, 6.07) is 5.44. The number of rotatable bonds is 5. The lowest BCUT2D eigenvalue weighted by atomic mass is 10.1. The Bertz CT molecular complexity index is 332. The van der Waals surface area contributed by atoms with E-state index in [9.17, 15) is 4.79 Å². The second-order valence-electron chi connectivity index (χ2n) is 3.55.